The number of nitrogens with zero attached hydrogens (tertiary/aromatic N) is 6. The van der Waals surface area contributed by atoms with Crippen molar-refractivity contribution in [3.05, 3.63) is 77.4 Å². The van der Waals surface area contributed by atoms with Gasteiger partial charge in [-0.3, -0.25) is 4.57 Å². The van der Waals surface area contributed by atoms with Gasteiger partial charge < -0.3 is 10.3 Å². The van der Waals surface area contributed by atoms with Gasteiger partial charge in [-0.2, -0.15) is 0 Å². The van der Waals surface area contributed by atoms with Gasteiger partial charge in [-0.1, -0.05) is 12.1 Å². The Kier molecular flexibility index (Phi) is 5.75. The molecule has 0 amide bonds. The van der Waals surface area contributed by atoms with Crippen molar-refractivity contribution in [3.8, 4) is 17.1 Å². The number of hydrogen-bond acceptors (Lipinski definition) is 6. The number of anilines is 1. The maximum atomic E-state index is 12.4. The van der Waals surface area contributed by atoms with E-state index in [2.05, 4.69) is 35.6 Å². The van der Waals surface area contributed by atoms with E-state index in [1.165, 1.54) is 0 Å². The summed E-state index contributed by atoms with van der Waals surface area (Å²) in [7, 11) is 0.458. The van der Waals surface area contributed by atoms with Gasteiger partial charge in [0.05, 0.1) is 11.9 Å². The third-order valence-electron chi connectivity index (χ3n) is 5.02. The number of aromatic nitrogens is 6. The molecule has 11 heteroatoms. The van der Waals surface area contributed by atoms with E-state index < -0.39 is 11.0 Å². The summed E-state index contributed by atoms with van der Waals surface area (Å²) in [4.78, 5) is 17.7. The molecule has 0 fully saturated rings. The largest absolute Gasteiger partial charge is 0.383 e. The van der Waals surface area contributed by atoms with Crippen molar-refractivity contribution in [2.75, 3.05) is 5.73 Å². The molecule has 33 heavy (non-hydrogen) atoms. The fourth-order valence-electron chi connectivity index (χ4n) is 3.44. The van der Waals surface area contributed by atoms with Crippen LogP contribution in [0.4, 0.5) is 5.82 Å². The summed E-state index contributed by atoms with van der Waals surface area (Å²) < 4.78 is 19.9. The Morgan fingerprint density at radius 3 is 2.70 bits per heavy atom. The molecule has 0 saturated carbocycles. The number of aryl methyl sites for hydroxylation is 1. The quantitative estimate of drug-likeness (QED) is 0.353. The van der Waals surface area contributed by atoms with E-state index in [0.717, 1.165) is 26.8 Å². The summed E-state index contributed by atoms with van der Waals surface area (Å²) in [5.74, 6) is 1.05. The number of pyridine rings is 2. The fraction of sp³-hybridized carbons (Fsp3) is 0.0909. The molecule has 1 aromatic carbocycles. The van der Waals surface area contributed by atoms with Crippen LogP contribution in [-0.2, 0) is 24.6 Å². The van der Waals surface area contributed by atoms with Crippen LogP contribution in [-0.4, -0.2) is 33.3 Å². The third-order valence-corrected chi connectivity index (χ3v) is 6.45. The van der Waals surface area contributed by atoms with Crippen LogP contribution in [0, 0.1) is 0 Å². The first-order valence-electron chi connectivity index (χ1n) is 9.97. The number of fused-ring (bicyclic) bond motifs is 1. The normalized spacial score (nSPS) is 12.3. The number of nitrogens with two attached hydrogens (primary N) is 1. The van der Waals surface area contributed by atoms with Gasteiger partial charge in [-0.05, 0) is 51.8 Å². The molecule has 1 atom stereocenters. The predicted octanol–water partition coefficient (Wildman–Crippen LogP) is 3.37. The first-order valence-corrected chi connectivity index (χ1v) is 11.9. The van der Waals surface area contributed by atoms with Crippen LogP contribution in [0.2, 0.25) is 0 Å². The fourth-order valence-corrected chi connectivity index (χ4v) is 4.61. The van der Waals surface area contributed by atoms with Crippen molar-refractivity contribution in [2.24, 2.45) is 7.05 Å². The van der Waals surface area contributed by atoms with Crippen LogP contribution in [0.1, 0.15) is 5.56 Å². The highest BCUT2D eigenvalue weighted by atomic mass is 79.9. The van der Waals surface area contributed by atoms with Crippen LogP contribution in [0.15, 0.2) is 76.9 Å². The number of hydrogen-bond donors (Lipinski definition) is 2. The number of nitrogens with one attached hydrogen (secondary N) is 1. The number of imidazole rings is 2. The minimum atomic E-state index is -1.38. The first kappa shape index (κ1) is 21.4. The lowest BCUT2D eigenvalue weighted by Crippen LogP contribution is -2.17. The van der Waals surface area contributed by atoms with Crippen molar-refractivity contribution in [3.63, 3.8) is 0 Å². The molecule has 0 aliphatic carbocycles. The van der Waals surface area contributed by atoms with E-state index in [1.807, 2.05) is 54.1 Å². The second-order valence-electron chi connectivity index (χ2n) is 7.34. The molecule has 9 nitrogen and oxygen atoms in total. The minimum absolute atomic E-state index is 0.394. The van der Waals surface area contributed by atoms with Crippen molar-refractivity contribution in [1.29, 1.82) is 0 Å². The Labute approximate surface area is 200 Å². The van der Waals surface area contributed by atoms with E-state index in [0.29, 0.717) is 28.9 Å². The lowest BCUT2D eigenvalue weighted by atomic mass is 10.2. The number of rotatable bonds is 6. The molecule has 0 saturated heterocycles. The van der Waals surface area contributed by atoms with Gasteiger partial charge in [0.15, 0.2) is 16.5 Å². The lowest BCUT2D eigenvalue weighted by Gasteiger charge is -2.11. The maximum Gasteiger partial charge on any atom is 0.165 e. The highest BCUT2D eigenvalue weighted by molar-refractivity contribution is 9.10. The summed E-state index contributed by atoms with van der Waals surface area (Å²) in [5.41, 5.74) is 10.2. The van der Waals surface area contributed by atoms with E-state index >= 15 is 0 Å². The monoisotopic (exact) mass is 522 g/mol. The van der Waals surface area contributed by atoms with E-state index in [4.69, 9.17) is 10.7 Å². The molecule has 4 heterocycles. The standard InChI is InChI=1S/C22H19BrN8OS/c1-30-12-19(27-13-30)33(32)28-10-14-4-6-16(7-5-14)31-21(17-3-2-8-25-20(17)24)29-18-9-15(23)11-26-22(18)31/h2-9,11-13,28H,10H2,1H3,(H2,24,25). The molecule has 5 rings (SSSR count). The molecule has 4 aromatic heterocycles. The highest BCUT2D eigenvalue weighted by Crippen LogP contribution is 2.31. The molecule has 0 aliphatic rings. The van der Waals surface area contributed by atoms with E-state index in [1.54, 1.807) is 29.5 Å². The Hall–Kier alpha value is -3.41. The van der Waals surface area contributed by atoms with Crippen LogP contribution >= 0.6 is 15.9 Å². The van der Waals surface area contributed by atoms with Gasteiger partial charge in [-0.15, -0.1) is 0 Å². The average Bonchev–Trinajstić information content (AvgIpc) is 3.41. The second kappa shape index (κ2) is 8.85. The van der Waals surface area contributed by atoms with Crippen LogP contribution < -0.4 is 10.5 Å². The van der Waals surface area contributed by atoms with Crippen LogP contribution in [0.25, 0.3) is 28.2 Å². The topological polar surface area (TPSA) is 117 Å². The predicted molar refractivity (Wildman–Crippen MR) is 131 cm³/mol. The third kappa shape index (κ3) is 4.30. The van der Waals surface area contributed by atoms with E-state index in [-0.39, 0.29) is 0 Å². The molecule has 1 unspecified atom stereocenters. The van der Waals surface area contributed by atoms with Crippen molar-refractivity contribution in [2.45, 2.75) is 11.6 Å². The van der Waals surface area contributed by atoms with Crippen LogP contribution in [0.5, 0.6) is 0 Å². The Morgan fingerprint density at radius 1 is 1.15 bits per heavy atom. The van der Waals surface area contributed by atoms with Gasteiger partial charge >= 0.3 is 0 Å². The van der Waals surface area contributed by atoms with Crippen molar-refractivity contribution < 1.29 is 4.21 Å². The maximum absolute atomic E-state index is 12.4. The van der Waals surface area contributed by atoms with Crippen molar-refractivity contribution >= 4 is 43.9 Å². The highest BCUT2D eigenvalue weighted by Gasteiger charge is 2.18. The molecule has 0 spiro atoms. The number of halogens is 1. The van der Waals surface area contributed by atoms with Gasteiger partial charge in [0.1, 0.15) is 22.3 Å². The Balaban J connectivity index is 1.48. The molecule has 0 radical (unpaired) electrons. The zero-order valence-electron chi connectivity index (χ0n) is 17.5. The first-order chi connectivity index (χ1) is 16.0. The molecular weight excluding hydrogens is 504 g/mol. The molecule has 3 N–H and O–H groups in total. The van der Waals surface area contributed by atoms with E-state index in [9.17, 15) is 4.21 Å². The van der Waals surface area contributed by atoms with Gasteiger partial charge in [0.2, 0.25) is 0 Å². The Bertz CT molecular complexity index is 1480. The van der Waals surface area contributed by atoms with Gasteiger partial charge in [-0.25, -0.2) is 28.9 Å². The molecule has 0 bridgehead atoms. The smallest absolute Gasteiger partial charge is 0.165 e. The lowest BCUT2D eigenvalue weighted by molar-refractivity contribution is 0.669. The Morgan fingerprint density at radius 2 is 1.97 bits per heavy atom. The minimum Gasteiger partial charge on any atom is -0.383 e. The van der Waals surface area contributed by atoms with Crippen LogP contribution in [0.3, 0.4) is 0 Å². The second-order valence-corrected chi connectivity index (χ2v) is 9.50. The molecule has 5 aromatic rings. The molecule has 0 aliphatic heterocycles. The summed E-state index contributed by atoms with van der Waals surface area (Å²) in [6, 6.07) is 13.5. The van der Waals surface area contributed by atoms with Crippen molar-refractivity contribution in [1.82, 2.24) is 33.8 Å². The zero-order chi connectivity index (χ0) is 22.9. The molecule has 166 valence electrons. The number of nitrogen functional groups attached to an aromatic ring is 1. The summed E-state index contributed by atoms with van der Waals surface area (Å²) in [6.45, 7) is 0.432. The average molecular weight is 523 g/mol. The number of benzene rings is 1. The SMILES string of the molecule is Cn1cnc(S(=O)NCc2ccc(-n3c(-c4cccnc4N)nc4cc(Br)cnc43)cc2)c1. The summed E-state index contributed by atoms with van der Waals surface area (Å²) in [5, 5.41) is 0.495. The zero-order valence-corrected chi connectivity index (χ0v) is 19.9. The summed E-state index contributed by atoms with van der Waals surface area (Å²) >= 11 is 3.46. The molecular formula is C22H19BrN8OS. The van der Waals surface area contributed by atoms with Gasteiger partial charge in [0.25, 0.3) is 0 Å². The van der Waals surface area contributed by atoms with Gasteiger partial charge in [0, 0.05) is 42.3 Å². The summed E-state index contributed by atoms with van der Waals surface area (Å²) in [6.07, 6.45) is 6.74.